The molecular weight excluding hydrogens is 204 g/mol. The van der Waals surface area contributed by atoms with Crippen LogP contribution in [0.2, 0.25) is 0 Å². The third-order valence-corrected chi connectivity index (χ3v) is 2.32. The number of aliphatic hydroxyl groups excluding tert-OH is 3. The number of hydrogen-bond donors (Lipinski definition) is 3. The third kappa shape index (κ3) is 4.02. The molecule has 0 radical (unpaired) electrons. The Morgan fingerprint density at radius 1 is 0.867 bits per heavy atom. The van der Waals surface area contributed by atoms with Gasteiger partial charge >= 0.3 is 0 Å². The zero-order chi connectivity index (χ0) is 11.8. The van der Waals surface area contributed by atoms with Gasteiger partial charge in [-0.25, -0.2) is 0 Å². The van der Waals surface area contributed by atoms with Crippen molar-refractivity contribution in [3.63, 3.8) is 0 Å². The fourth-order valence-corrected chi connectivity index (χ4v) is 1.36. The molecule has 92 valence electrons. The molecular formula is C9H20O6. The van der Waals surface area contributed by atoms with Crippen LogP contribution in [0.1, 0.15) is 0 Å². The summed E-state index contributed by atoms with van der Waals surface area (Å²) < 4.78 is 14.8. The quantitative estimate of drug-likeness (QED) is 0.459. The lowest BCUT2D eigenvalue weighted by atomic mass is 10.0. The molecule has 6 heteroatoms. The Morgan fingerprint density at radius 2 is 1.33 bits per heavy atom. The van der Waals surface area contributed by atoms with Gasteiger partial charge in [0.25, 0.3) is 0 Å². The van der Waals surface area contributed by atoms with E-state index in [-0.39, 0.29) is 13.2 Å². The van der Waals surface area contributed by atoms with Crippen molar-refractivity contribution in [3.8, 4) is 0 Å². The first kappa shape index (κ1) is 14.8. The van der Waals surface area contributed by atoms with E-state index < -0.39 is 24.4 Å². The summed E-state index contributed by atoms with van der Waals surface area (Å²) in [6.07, 6.45) is -3.24. The normalized spacial score (nSPS) is 19.6. The summed E-state index contributed by atoms with van der Waals surface area (Å²) in [5.41, 5.74) is 0. The molecule has 6 nitrogen and oxygen atoms in total. The lowest BCUT2D eigenvalue weighted by Crippen LogP contribution is -2.49. The van der Waals surface area contributed by atoms with Crippen LogP contribution in [-0.2, 0) is 14.2 Å². The summed E-state index contributed by atoms with van der Waals surface area (Å²) in [5.74, 6) is 0. The summed E-state index contributed by atoms with van der Waals surface area (Å²) in [7, 11) is 4.16. The summed E-state index contributed by atoms with van der Waals surface area (Å²) in [5, 5.41) is 27.7. The average molecular weight is 224 g/mol. The number of aliphatic hydroxyl groups is 3. The van der Waals surface area contributed by atoms with E-state index in [9.17, 15) is 5.11 Å². The fraction of sp³-hybridized carbons (Fsp3) is 1.00. The van der Waals surface area contributed by atoms with Crippen molar-refractivity contribution < 1.29 is 29.5 Å². The molecule has 0 heterocycles. The second-order valence-corrected chi connectivity index (χ2v) is 3.10. The number of hydrogen-bond acceptors (Lipinski definition) is 6. The Kier molecular flexibility index (Phi) is 7.85. The first-order valence-electron chi connectivity index (χ1n) is 4.64. The van der Waals surface area contributed by atoms with Crippen LogP contribution in [0.25, 0.3) is 0 Å². The topological polar surface area (TPSA) is 88.4 Å². The fourth-order valence-electron chi connectivity index (χ4n) is 1.36. The third-order valence-electron chi connectivity index (χ3n) is 2.32. The Balaban J connectivity index is 4.48. The molecule has 0 aliphatic carbocycles. The summed E-state index contributed by atoms with van der Waals surface area (Å²) in [6, 6.07) is 0. The average Bonchev–Trinajstić information content (AvgIpc) is 2.27. The minimum atomic E-state index is -1.07. The maximum Gasteiger partial charge on any atom is 0.114 e. The van der Waals surface area contributed by atoms with E-state index in [1.54, 1.807) is 0 Å². The monoisotopic (exact) mass is 224 g/mol. The molecule has 0 aliphatic rings. The molecule has 15 heavy (non-hydrogen) atoms. The molecule has 0 aliphatic heterocycles. The van der Waals surface area contributed by atoms with Crippen molar-refractivity contribution in [2.75, 3.05) is 34.5 Å². The maximum absolute atomic E-state index is 9.80. The van der Waals surface area contributed by atoms with Gasteiger partial charge in [0, 0.05) is 21.3 Å². The van der Waals surface area contributed by atoms with Gasteiger partial charge in [0.2, 0.25) is 0 Å². The SMILES string of the molecule is CO[C@@H]([C@@H](O)[C@@H](CO)OC)[C@H](CO)OC. The highest BCUT2D eigenvalue weighted by Crippen LogP contribution is 2.12. The Morgan fingerprint density at radius 3 is 1.60 bits per heavy atom. The zero-order valence-electron chi connectivity index (χ0n) is 9.29. The van der Waals surface area contributed by atoms with Crippen LogP contribution < -0.4 is 0 Å². The van der Waals surface area contributed by atoms with Gasteiger partial charge in [0.1, 0.15) is 24.4 Å². The van der Waals surface area contributed by atoms with Crippen LogP contribution in [0.3, 0.4) is 0 Å². The second-order valence-electron chi connectivity index (χ2n) is 3.10. The van der Waals surface area contributed by atoms with Crippen molar-refractivity contribution in [1.29, 1.82) is 0 Å². The largest absolute Gasteiger partial charge is 0.394 e. The molecule has 0 aromatic carbocycles. The zero-order valence-corrected chi connectivity index (χ0v) is 9.29. The molecule has 0 aromatic rings. The minimum absolute atomic E-state index is 0.284. The van der Waals surface area contributed by atoms with E-state index in [0.717, 1.165) is 0 Å². The van der Waals surface area contributed by atoms with Crippen molar-refractivity contribution >= 4 is 0 Å². The molecule has 0 saturated heterocycles. The van der Waals surface area contributed by atoms with E-state index in [1.165, 1.54) is 21.3 Å². The van der Waals surface area contributed by atoms with Crippen molar-refractivity contribution in [2.24, 2.45) is 0 Å². The molecule has 0 aromatic heterocycles. The Bertz CT molecular complexity index is 146. The van der Waals surface area contributed by atoms with Gasteiger partial charge in [-0.3, -0.25) is 0 Å². The predicted molar refractivity (Wildman–Crippen MR) is 52.6 cm³/mol. The second kappa shape index (κ2) is 7.98. The first-order chi connectivity index (χ1) is 7.15. The number of rotatable bonds is 8. The molecule has 3 N–H and O–H groups in total. The van der Waals surface area contributed by atoms with Gasteiger partial charge in [-0.2, -0.15) is 0 Å². The molecule has 0 rings (SSSR count). The summed E-state index contributed by atoms with van der Waals surface area (Å²) in [6.45, 7) is -0.618. The number of methoxy groups -OCH3 is 3. The van der Waals surface area contributed by atoms with Crippen LogP contribution in [0.5, 0.6) is 0 Å². The lowest BCUT2D eigenvalue weighted by Gasteiger charge is -2.31. The molecule has 0 spiro atoms. The maximum atomic E-state index is 9.80. The lowest BCUT2D eigenvalue weighted by molar-refractivity contribution is -0.152. The molecule has 0 unspecified atom stereocenters. The van der Waals surface area contributed by atoms with Gasteiger partial charge in [0.15, 0.2) is 0 Å². The highest BCUT2D eigenvalue weighted by Gasteiger charge is 2.33. The van der Waals surface area contributed by atoms with Crippen LogP contribution in [0.4, 0.5) is 0 Å². The highest BCUT2D eigenvalue weighted by atomic mass is 16.6. The Labute approximate surface area is 89.4 Å². The van der Waals surface area contributed by atoms with Gasteiger partial charge in [0.05, 0.1) is 13.2 Å². The Hall–Kier alpha value is -0.240. The molecule has 0 amide bonds. The summed E-state index contributed by atoms with van der Waals surface area (Å²) >= 11 is 0. The smallest absolute Gasteiger partial charge is 0.114 e. The van der Waals surface area contributed by atoms with E-state index in [1.807, 2.05) is 0 Å². The van der Waals surface area contributed by atoms with E-state index >= 15 is 0 Å². The molecule has 0 fully saturated rings. The first-order valence-corrected chi connectivity index (χ1v) is 4.64. The van der Waals surface area contributed by atoms with E-state index in [4.69, 9.17) is 24.4 Å². The summed E-state index contributed by atoms with van der Waals surface area (Å²) in [4.78, 5) is 0. The predicted octanol–water partition coefficient (Wildman–Crippen LogP) is -1.62. The highest BCUT2D eigenvalue weighted by molar-refractivity contribution is 4.83. The molecule has 4 atom stereocenters. The van der Waals surface area contributed by atoms with Crippen molar-refractivity contribution in [3.05, 3.63) is 0 Å². The minimum Gasteiger partial charge on any atom is -0.394 e. The van der Waals surface area contributed by atoms with Crippen molar-refractivity contribution in [2.45, 2.75) is 24.4 Å². The van der Waals surface area contributed by atoms with Crippen LogP contribution in [-0.4, -0.2) is 74.3 Å². The standard InChI is InChI=1S/C9H20O6/c1-13-6(4-10)8(12)9(15-3)7(5-11)14-2/h6-12H,4-5H2,1-3H3/t6-,7+,8+,9-/m1/s1. The van der Waals surface area contributed by atoms with Crippen LogP contribution >= 0.6 is 0 Å². The molecule has 0 saturated carbocycles. The van der Waals surface area contributed by atoms with Crippen LogP contribution in [0.15, 0.2) is 0 Å². The van der Waals surface area contributed by atoms with Gasteiger partial charge in [-0.1, -0.05) is 0 Å². The van der Waals surface area contributed by atoms with Crippen molar-refractivity contribution in [1.82, 2.24) is 0 Å². The van der Waals surface area contributed by atoms with Crippen LogP contribution in [0, 0.1) is 0 Å². The molecule has 0 bridgehead atoms. The number of ether oxygens (including phenoxy) is 3. The van der Waals surface area contributed by atoms with E-state index in [2.05, 4.69) is 0 Å². The van der Waals surface area contributed by atoms with E-state index in [0.29, 0.717) is 0 Å². The van der Waals surface area contributed by atoms with Gasteiger partial charge in [-0.15, -0.1) is 0 Å². The van der Waals surface area contributed by atoms with Gasteiger partial charge < -0.3 is 29.5 Å². The van der Waals surface area contributed by atoms with Gasteiger partial charge in [-0.05, 0) is 0 Å².